The average Bonchev–Trinajstić information content (AvgIpc) is 2.57. The smallest absolute Gasteiger partial charge is 0.0208 e. The maximum atomic E-state index is 2.38. The molecule has 0 atom stereocenters. The minimum absolute atomic E-state index is 0.223. The molecule has 0 heteroatoms. The second-order valence-corrected chi connectivity index (χ2v) is 7.44. The lowest BCUT2D eigenvalue weighted by Gasteiger charge is -2.43. The number of rotatable bonds is 4. The average molecular weight is 306 g/mol. The fraction of sp³-hybridized carbons (Fsp3) is 0.478. The van der Waals surface area contributed by atoms with Gasteiger partial charge in [-0.25, -0.2) is 0 Å². The fourth-order valence-corrected chi connectivity index (χ4v) is 4.77. The zero-order chi connectivity index (χ0) is 16.3. The van der Waals surface area contributed by atoms with E-state index in [0.717, 1.165) is 5.92 Å². The first kappa shape index (κ1) is 16.3. The molecule has 0 saturated heterocycles. The summed E-state index contributed by atoms with van der Waals surface area (Å²) in [5.74, 6) is 0.932. The van der Waals surface area contributed by atoms with Crippen molar-refractivity contribution in [2.45, 2.75) is 64.7 Å². The number of benzene rings is 2. The van der Waals surface area contributed by atoms with Gasteiger partial charge in [-0.05, 0) is 67.7 Å². The Hall–Kier alpha value is -1.56. The molecule has 0 N–H and O–H groups in total. The van der Waals surface area contributed by atoms with E-state index in [-0.39, 0.29) is 5.41 Å². The molecule has 0 unspecified atom stereocenters. The van der Waals surface area contributed by atoms with Crippen molar-refractivity contribution in [1.29, 1.82) is 0 Å². The van der Waals surface area contributed by atoms with Crippen LogP contribution in [0, 0.1) is 19.8 Å². The molecule has 23 heavy (non-hydrogen) atoms. The van der Waals surface area contributed by atoms with E-state index in [1.807, 2.05) is 0 Å². The minimum atomic E-state index is 0.223. The summed E-state index contributed by atoms with van der Waals surface area (Å²) in [5.41, 5.74) is 6.24. The highest BCUT2D eigenvalue weighted by molar-refractivity contribution is 5.46. The zero-order valence-corrected chi connectivity index (χ0v) is 14.9. The molecule has 0 nitrogen and oxygen atoms in total. The maximum Gasteiger partial charge on any atom is 0.0208 e. The Labute approximate surface area is 141 Å². The van der Waals surface area contributed by atoms with Crippen LogP contribution in [0.3, 0.4) is 0 Å². The van der Waals surface area contributed by atoms with Gasteiger partial charge in [-0.3, -0.25) is 0 Å². The highest BCUT2D eigenvalue weighted by Gasteiger charge is 2.39. The van der Waals surface area contributed by atoms with Crippen LogP contribution in [-0.4, -0.2) is 0 Å². The number of hydrogen-bond acceptors (Lipinski definition) is 0. The van der Waals surface area contributed by atoms with Gasteiger partial charge in [0.1, 0.15) is 0 Å². The van der Waals surface area contributed by atoms with Crippen molar-refractivity contribution in [2.75, 3.05) is 0 Å². The Kier molecular flexibility index (Phi) is 4.90. The summed E-state index contributed by atoms with van der Waals surface area (Å²) >= 11 is 0. The van der Waals surface area contributed by atoms with Crippen LogP contribution in [0.15, 0.2) is 48.5 Å². The van der Waals surface area contributed by atoms with Gasteiger partial charge in [-0.2, -0.15) is 0 Å². The summed E-state index contributed by atoms with van der Waals surface area (Å²) in [6.07, 6.45) is 8.07. The third kappa shape index (κ3) is 3.09. The van der Waals surface area contributed by atoms with Gasteiger partial charge in [0.2, 0.25) is 0 Å². The van der Waals surface area contributed by atoms with E-state index in [1.54, 1.807) is 11.1 Å². The number of hydrogen-bond donors (Lipinski definition) is 0. The maximum absolute atomic E-state index is 2.38. The zero-order valence-electron chi connectivity index (χ0n) is 14.9. The Morgan fingerprint density at radius 2 is 1.30 bits per heavy atom. The quantitative estimate of drug-likeness (QED) is 0.598. The largest absolute Gasteiger partial charge is 0.0654 e. The van der Waals surface area contributed by atoms with Gasteiger partial charge in [0.15, 0.2) is 0 Å². The third-order valence-electron chi connectivity index (χ3n) is 5.98. The van der Waals surface area contributed by atoms with E-state index in [1.165, 1.54) is 49.7 Å². The summed E-state index contributed by atoms with van der Waals surface area (Å²) in [6, 6.07) is 18.1. The van der Waals surface area contributed by atoms with Gasteiger partial charge >= 0.3 is 0 Å². The Morgan fingerprint density at radius 3 is 1.74 bits per heavy atom. The van der Waals surface area contributed by atoms with Gasteiger partial charge < -0.3 is 0 Å². The molecule has 0 aliphatic heterocycles. The molecule has 0 bridgehead atoms. The summed E-state index contributed by atoms with van der Waals surface area (Å²) in [4.78, 5) is 0. The first-order valence-corrected chi connectivity index (χ1v) is 9.29. The Bertz CT molecular complexity index is 597. The third-order valence-corrected chi connectivity index (χ3v) is 5.98. The first-order valence-electron chi connectivity index (χ1n) is 9.29. The summed E-state index contributed by atoms with van der Waals surface area (Å²) < 4.78 is 0. The highest BCUT2D eigenvalue weighted by atomic mass is 14.4. The molecular formula is C23H30. The van der Waals surface area contributed by atoms with Crippen LogP contribution >= 0.6 is 0 Å². The molecule has 1 saturated carbocycles. The van der Waals surface area contributed by atoms with E-state index >= 15 is 0 Å². The molecular weight excluding hydrogens is 276 g/mol. The minimum Gasteiger partial charge on any atom is -0.0654 e. The van der Waals surface area contributed by atoms with Crippen molar-refractivity contribution in [1.82, 2.24) is 0 Å². The first-order chi connectivity index (χ1) is 11.2. The SMILES string of the molecule is CCCC1CCC(c2ccccc2C)(c2ccccc2C)CC1. The van der Waals surface area contributed by atoms with Crippen molar-refractivity contribution in [2.24, 2.45) is 5.92 Å². The van der Waals surface area contributed by atoms with Crippen LogP contribution in [0.25, 0.3) is 0 Å². The standard InChI is InChI=1S/C23H30/c1-4-9-20-14-16-23(17-15-20,21-12-7-5-10-18(21)2)22-13-8-6-11-19(22)3/h5-8,10-13,20H,4,9,14-17H2,1-3H3. The molecule has 0 aromatic heterocycles. The van der Waals surface area contributed by atoms with E-state index < -0.39 is 0 Å². The van der Waals surface area contributed by atoms with Crippen LogP contribution in [0.1, 0.15) is 67.7 Å². The molecule has 0 radical (unpaired) electrons. The predicted octanol–water partition coefficient (Wildman–Crippen LogP) is 6.58. The highest BCUT2D eigenvalue weighted by Crippen LogP contribution is 2.49. The van der Waals surface area contributed by atoms with Crippen molar-refractivity contribution < 1.29 is 0 Å². The summed E-state index contributed by atoms with van der Waals surface area (Å²) in [7, 11) is 0. The molecule has 122 valence electrons. The summed E-state index contributed by atoms with van der Waals surface area (Å²) in [6.45, 7) is 6.89. The van der Waals surface area contributed by atoms with Crippen molar-refractivity contribution in [3.63, 3.8) is 0 Å². The molecule has 2 aromatic carbocycles. The van der Waals surface area contributed by atoms with Crippen LogP contribution in [0.4, 0.5) is 0 Å². The summed E-state index contributed by atoms with van der Waals surface area (Å²) in [5, 5.41) is 0. The van der Waals surface area contributed by atoms with Crippen molar-refractivity contribution >= 4 is 0 Å². The van der Waals surface area contributed by atoms with Crippen LogP contribution in [0.2, 0.25) is 0 Å². The van der Waals surface area contributed by atoms with Gasteiger partial charge in [0, 0.05) is 5.41 Å². The van der Waals surface area contributed by atoms with Crippen molar-refractivity contribution in [3.8, 4) is 0 Å². The molecule has 1 aliphatic carbocycles. The van der Waals surface area contributed by atoms with Gasteiger partial charge in [-0.1, -0.05) is 68.3 Å². The number of aryl methyl sites for hydroxylation is 2. The van der Waals surface area contributed by atoms with Crippen LogP contribution in [0.5, 0.6) is 0 Å². The molecule has 0 amide bonds. The molecule has 0 spiro atoms. The van der Waals surface area contributed by atoms with Crippen molar-refractivity contribution in [3.05, 3.63) is 70.8 Å². The topological polar surface area (TPSA) is 0 Å². The normalized spacial score (nSPS) is 18.0. The van der Waals surface area contributed by atoms with E-state index in [2.05, 4.69) is 69.3 Å². The van der Waals surface area contributed by atoms with E-state index in [4.69, 9.17) is 0 Å². The second-order valence-electron chi connectivity index (χ2n) is 7.44. The lowest BCUT2D eigenvalue weighted by Crippen LogP contribution is -2.34. The molecule has 2 aromatic rings. The predicted molar refractivity (Wildman–Crippen MR) is 100 cm³/mol. The fourth-order valence-electron chi connectivity index (χ4n) is 4.77. The lowest BCUT2D eigenvalue weighted by molar-refractivity contribution is 0.252. The van der Waals surface area contributed by atoms with Gasteiger partial charge in [0.05, 0.1) is 0 Å². The second kappa shape index (κ2) is 6.91. The monoisotopic (exact) mass is 306 g/mol. The molecule has 1 fully saturated rings. The molecule has 0 heterocycles. The van der Waals surface area contributed by atoms with E-state index in [0.29, 0.717) is 0 Å². The van der Waals surface area contributed by atoms with Crippen LogP contribution < -0.4 is 0 Å². The van der Waals surface area contributed by atoms with E-state index in [9.17, 15) is 0 Å². The Balaban J connectivity index is 2.05. The van der Waals surface area contributed by atoms with Crippen LogP contribution in [-0.2, 0) is 5.41 Å². The van der Waals surface area contributed by atoms with Gasteiger partial charge in [-0.15, -0.1) is 0 Å². The molecule has 3 rings (SSSR count). The van der Waals surface area contributed by atoms with Gasteiger partial charge in [0.25, 0.3) is 0 Å². The lowest BCUT2D eigenvalue weighted by atomic mass is 9.61. The Morgan fingerprint density at radius 1 is 0.826 bits per heavy atom. The molecule has 1 aliphatic rings.